The van der Waals surface area contributed by atoms with Crippen molar-refractivity contribution < 1.29 is 9.30 Å². The molecule has 29 heavy (non-hydrogen) atoms. The van der Waals surface area contributed by atoms with Gasteiger partial charge in [0.15, 0.2) is 0 Å². The zero-order valence-electron chi connectivity index (χ0n) is 18.1. The van der Waals surface area contributed by atoms with Crippen molar-refractivity contribution in [3.8, 4) is 22.9 Å². The van der Waals surface area contributed by atoms with Gasteiger partial charge in [0.2, 0.25) is 5.52 Å². The van der Waals surface area contributed by atoms with Crippen molar-refractivity contribution in [2.24, 2.45) is 12.5 Å². The van der Waals surface area contributed by atoms with E-state index in [1.807, 2.05) is 6.07 Å². The lowest BCUT2D eigenvalue weighted by molar-refractivity contribution is -0.634. The van der Waals surface area contributed by atoms with E-state index in [2.05, 4.69) is 82.6 Å². The molecule has 1 aliphatic heterocycles. The van der Waals surface area contributed by atoms with Crippen molar-refractivity contribution in [1.82, 2.24) is 4.98 Å². The Morgan fingerprint density at radius 3 is 2.59 bits per heavy atom. The van der Waals surface area contributed by atoms with Crippen LogP contribution in [-0.4, -0.2) is 4.98 Å². The van der Waals surface area contributed by atoms with Gasteiger partial charge in [-0.3, -0.25) is 0 Å². The number of rotatable bonds is 1. The fourth-order valence-electron chi connectivity index (χ4n) is 4.58. The van der Waals surface area contributed by atoms with Gasteiger partial charge >= 0.3 is 0 Å². The average Bonchev–Trinajstić information content (AvgIpc) is 2.64. The molecule has 0 saturated heterocycles. The predicted octanol–water partition coefficient (Wildman–Crippen LogP) is 6.19. The van der Waals surface area contributed by atoms with E-state index in [4.69, 9.17) is 9.72 Å². The summed E-state index contributed by atoms with van der Waals surface area (Å²) in [5.74, 6) is 1.59. The fraction of sp³-hybridized carbons (Fsp3) is 0.308. The Morgan fingerprint density at radius 1 is 1.03 bits per heavy atom. The van der Waals surface area contributed by atoms with Crippen molar-refractivity contribution in [1.29, 1.82) is 0 Å². The summed E-state index contributed by atoms with van der Waals surface area (Å²) in [5, 5.41) is 2.40. The maximum Gasteiger partial charge on any atom is 0.294 e. The van der Waals surface area contributed by atoms with E-state index in [1.54, 1.807) is 0 Å². The first kappa shape index (κ1) is 18.1. The Labute approximate surface area is 172 Å². The van der Waals surface area contributed by atoms with Crippen LogP contribution in [0.3, 0.4) is 0 Å². The lowest BCUT2D eigenvalue weighted by Gasteiger charge is -2.22. The van der Waals surface area contributed by atoms with Crippen molar-refractivity contribution in [2.45, 2.75) is 41.0 Å². The van der Waals surface area contributed by atoms with Crippen LogP contribution in [0.15, 0.2) is 42.5 Å². The second-order valence-electron chi connectivity index (χ2n) is 9.53. The zero-order chi connectivity index (χ0) is 20.5. The highest BCUT2D eigenvalue weighted by molar-refractivity contribution is 6.04. The molecular formula is C26H27N2O+. The van der Waals surface area contributed by atoms with Gasteiger partial charge in [0.1, 0.15) is 18.3 Å². The van der Waals surface area contributed by atoms with Crippen LogP contribution >= 0.6 is 0 Å². The van der Waals surface area contributed by atoms with E-state index in [-0.39, 0.29) is 5.41 Å². The summed E-state index contributed by atoms with van der Waals surface area (Å²) in [6, 6.07) is 15.2. The highest BCUT2D eigenvalue weighted by atomic mass is 16.5. The molecule has 0 spiro atoms. The fourth-order valence-corrected chi connectivity index (χ4v) is 4.58. The van der Waals surface area contributed by atoms with E-state index in [9.17, 15) is 0 Å². The molecule has 0 fully saturated rings. The van der Waals surface area contributed by atoms with E-state index < -0.39 is 0 Å². The molecule has 3 aromatic carbocycles. The lowest BCUT2D eigenvalue weighted by atomic mass is 9.88. The molecule has 1 aromatic heterocycles. The van der Waals surface area contributed by atoms with Crippen LogP contribution in [0.25, 0.3) is 33.1 Å². The first-order valence-electron chi connectivity index (χ1n) is 10.3. The standard InChI is InChI=1S/C26H27N2O/c1-15-12-18-8-7-9-21-23(18)22(16(15)2)24-25(29-21)27-19-13-17(14-26(3,4)5)10-11-20(19)28(24)6/h7-13H,14H2,1-6H3/q+1. The van der Waals surface area contributed by atoms with Crippen LogP contribution in [0.2, 0.25) is 0 Å². The first-order valence-corrected chi connectivity index (χ1v) is 10.3. The summed E-state index contributed by atoms with van der Waals surface area (Å²) in [6.07, 6.45) is 1.02. The molecule has 0 atom stereocenters. The van der Waals surface area contributed by atoms with E-state index >= 15 is 0 Å². The van der Waals surface area contributed by atoms with Gasteiger partial charge in [-0.05, 0) is 59.9 Å². The number of aryl methyl sites for hydroxylation is 2. The summed E-state index contributed by atoms with van der Waals surface area (Å²) in [4.78, 5) is 4.98. The van der Waals surface area contributed by atoms with Crippen LogP contribution in [0.5, 0.6) is 11.6 Å². The lowest BCUT2D eigenvalue weighted by Crippen LogP contribution is -2.34. The summed E-state index contributed by atoms with van der Waals surface area (Å²) in [7, 11) is 2.12. The normalized spacial score (nSPS) is 12.9. The molecule has 0 aliphatic carbocycles. The molecule has 0 radical (unpaired) electrons. The second kappa shape index (κ2) is 6.03. The zero-order valence-corrected chi connectivity index (χ0v) is 18.1. The Morgan fingerprint density at radius 2 is 1.83 bits per heavy atom. The minimum absolute atomic E-state index is 0.240. The Kier molecular flexibility index (Phi) is 3.76. The van der Waals surface area contributed by atoms with E-state index in [1.165, 1.54) is 33.0 Å². The summed E-state index contributed by atoms with van der Waals surface area (Å²) < 4.78 is 8.59. The molecule has 0 saturated carbocycles. The maximum absolute atomic E-state index is 6.34. The number of nitrogens with zero attached hydrogens (tertiary/aromatic N) is 2. The van der Waals surface area contributed by atoms with E-state index in [0.717, 1.165) is 28.9 Å². The topological polar surface area (TPSA) is 26.0 Å². The Hall–Kier alpha value is -2.94. The highest BCUT2D eigenvalue weighted by Gasteiger charge is 2.32. The van der Waals surface area contributed by atoms with Gasteiger partial charge in [0.05, 0.1) is 5.56 Å². The molecule has 0 amide bonds. The second-order valence-corrected chi connectivity index (χ2v) is 9.53. The molecule has 0 unspecified atom stereocenters. The number of aromatic nitrogens is 2. The molecule has 2 heterocycles. The molecular weight excluding hydrogens is 356 g/mol. The van der Waals surface area contributed by atoms with Gasteiger partial charge in [-0.25, -0.2) is 4.98 Å². The van der Waals surface area contributed by atoms with Gasteiger partial charge in [0.25, 0.3) is 11.6 Å². The van der Waals surface area contributed by atoms with Crippen LogP contribution in [0.1, 0.15) is 37.5 Å². The number of hydrogen-bond donors (Lipinski definition) is 0. The van der Waals surface area contributed by atoms with Crippen LogP contribution < -0.4 is 9.30 Å². The number of fused-ring (bicyclic) bond motifs is 3. The minimum atomic E-state index is 0.240. The third-order valence-corrected chi connectivity index (χ3v) is 5.99. The summed E-state index contributed by atoms with van der Waals surface area (Å²) >= 11 is 0. The molecule has 5 rings (SSSR count). The summed E-state index contributed by atoms with van der Waals surface area (Å²) in [5.41, 5.74) is 8.53. The van der Waals surface area contributed by atoms with Crippen LogP contribution in [0.4, 0.5) is 0 Å². The monoisotopic (exact) mass is 383 g/mol. The van der Waals surface area contributed by atoms with Crippen LogP contribution in [-0.2, 0) is 13.5 Å². The SMILES string of the molecule is Cc1cc2cccc3c2c(c1C)-c1c(nc2cc(CC(C)(C)C)ccc2[n+]1C)O3. The third-order valence-electron chi connectivity index (χ3n) is 5.99. The van der Waals surface area contributed by atoms with Crippen molar-refractivity contribution in [3.05, 3.63) is 59.2 Å². The number of hydrogen-bond acceptors (Lipinski definition) is 2. The van der Waals surface area contributed by atoms with Crippen molar-refractivity contribution in [3.63, 3.8) is 0 Å². The van der Waals surface area contributed by atoms with Gasteiger partial charge in [-0.15, -0.1) is 0 Å². The largest absolute Gasteiger partial charge is 0.433 e. The minimum Gasteiger partial charge on any atom is -0.433 e. The smallest absolute Gasteiger partial charge is 0.294 e. The maximum atomic E-state index is 6.34. The molecule has 3 nitrogen and oxygen atoms in total. The molecule has 4 aromatic rings. The number of ether oxygens (including phenoxy) is 1. The van der Waals surface area contributed by atoms with Gasteiger partial charge in [-0.1, -0.05) is 45.0 Å². The van der Waals surface area contributed by atoms with Gasteiger partial charge in [-0.2, -0.15) is 4.57 Å². The third kappa shape index (κ3) is 2.79. The average molecular weight is 384 g/mol. The quantitative estimate of drug-likeness (QED) is 0.323. The number of benzene rings is 3. The van der Waals surface area contributed by atoms with E-state index in [0.29, 0.717) is 5.88 Å². The predicted molar refractivity (Wildman–Crippen MR) is 119 cm³/mol. The molecule has 1 aliphatic rings. The molecule has 146 valence electrons. The molecule has 0 bridgehead atoms. The van der Waals surface area contributed by atoms with Gasteiger partial charge in [0, 0.05) is 11.5 Å². The Bertz CT molecular complexity index is 1310. The Balaban J connectivity index is 1.82. The highest BCUT2D eigenvalue weighted by Crippen LogP contribution is 2.46. The van der Waals surface area contributed by atoms with Crippen LogP contribution in [0, 0.1) is 19.3 Å². The van der Waals surface area contributed by atoms with Crippen molar-refractivity contribution >= 4 is 21.8 Å². The first-order chi connectivity index (χ1) is 13.7. The molecule has 0 N–H and O–H groups in total. The van der Waals surface area contributed by atoms with Gasteiger partial charge < -0.3 is 4.74 Å². The molecule has 3 heteroatoms. The van der Waals surface area contributed by atoms with Crippen molar-refractivity contribution in [2.75, 3.05) is 0 Å². The summed E-state index contributed by atoms with van der Waals surface area (Å²) in [6.45, 7) is 11.2.